The molecule has 1 saturated heterocycles. The van der Waals surface area contributed by atoms with Gasteiger partial charge in [-0.25, -0.2) is 12.8 Å². The molecule has 3 aromatic rings. The third kappa shape index (κ3) is 5.32. The van der Waals surface area contributed by atoms with E-state index in [4.69, 9.17) is 9.15 Å². The predicted octanol–water partition coefficient (Wildman–Crippen LogP) is 3.99. The zero-order valence-electron chi connectivity index (χ0n) is 18.2. The highest BCUT2D eigenvalue weighted by Crippen LogP contribution is 2.26. The zero-order chi connectivity index (χ0) is 23.4. The first-order valence-corrected chi connectivity index (χ1v) is 12.1. The van der Waals surface area contributed by atoms with E-state index >= 15 is 0 Å². The van der Waals surface area contributed by atoms with Crippen molar-refractivity contribution in [3.8, 4) is 11.3 Å². The minimum atomic E-state index is -3.68. The van der Waals surface area contributed by atoms with Crippen LogP contribution < -0.4 is 5.32 Å². The molecule has 0 radical (unpaired) electrons. The van der Waals surface area contributed by atoms with Crippen molar-refractivity contribution in [2.45, 2.75) is 24.7 Å². The molecule has 2 aromatic carbocycles. The van der Waals surface area contributed by atoms with Gasteiger partial charge in [0.25, 0.3) is 0 Å². The molecule has 0 spiro atoms. The molecule has 1 N–H and O–H groups in total. The number of halogens is 1. The van der Waals surface area contributed by atoms with E-state index in [1.165, 1.54) is 16.4 Å². The van der Waals surface area contributed by atoms with E-state index in [0.29, 0.717) is 61.1 Å². The monoisotopic (exact) mass is 472 g/mol. The number of aryl methyl sites for hydroxylation is 2. The Bertz CT molecular complexity index is 1250. The average molecular weight is 473 g/mol. The molecule has 4 rings (SSSR count). The molecule has 0 saturated carbocycles. The highest BCUT2D eigenvalue weighted by molar-refractivity contribution is 7.89. The van der Waals surface area contributed by atoms with E-state index in [1.807, 2.05) is 0 Å². The quantitative estimate of drug-likeness (QED) is 0.562. The molecule has 33 heavy (non-hydrogen) atoms. The lowest BCUT2D eigenvalue weighted by Crippen LogP contribution is -2.40. The number of hydrogen-bond donors (Lipinski definition) is 1. The van der Waals surface area contributed by atoms with Crippen LogP contribution in [0.1, 0.15) is 17.7 Å². The second kappa shape index (κ2) is 9.86. The normalized spacial score (nSPS) is 14.8. The Balaban J connectivity index is 1.40. The number of anilines is 1. The van der Waals surface area contributed by atoms with Crippen molar-refractivity contribution in [3.05, 3.63) is 71.7 Å². The van der Waals surface area contributed by atoms with Gasteiger partial charge in [0.15, 0.2) is 0 Å². The van der Waals surface area contributed by atoms with Crippen LogP contribution in [0.2, 0.25) is 0 Å². The first-order chi connectivity index (χ1) is 15.8. The first kappa shape index (κ1) is 23.2. The van der Waals surface area contributed by atoms with Gasteiger partial charge < -0.3 is 14.5 Å². The molecule has 1 aromatic heterocycles. The second-order valence-corrected chi connectivity index (χ2v) is 9.70. The Kier molecular flexibility index (Phi) is 6.92. The maximum atomic E-state index is 13.9. The van der Waals surface area contributed by atoms with Gasteiger partial charge in [-0.05, 0) is 48.9 Å². The van der Waals surface area contributed by atoms with E-state index in [-0.39, 0.29) is 23.0 Å². The molecule has 7 nitrogen and oxygen atoms in total. The van der Waals surface area contributed by atoms with E-state index in [2.05, 4.69) is 5.32 Å². The van der Waals surface area contributed by atoms with Crippen LogP contribution in [0.4, 0.5) is 10.1 Å². The molecule has 1 aliphatic rings. The Morgan fingerprint density at radius 1 is 1.09 bits per heavy atom. The van der Waals surface area contributed by atoms with Gasteiger partial charge in [0.1, 0.15) is 17.3 Å². The van der Waals surface area contributed by atoms with Gasteiger partial charge in [-0.1, -0.05) is 18.2 Å². The van der Waals surface area contributed by atoms with Crippen LogP contribution in [0, 0.1) is 12.7 Å². The Morgan fingerprint density at radius 3 is 2.61 bits per heavy atom. The maximum Gasteiger partial charge on any atom is 0.243 e. The number of carbonyl (C=O) groups excluding carboxylic acids is 1. The molecule has 174 valence electrons. The van der Waals surface area contributed by atoms with Gasteiger partial charge in [0.05, 0.1) is 23.7 Å². The molecule has 1 fully saturated rings. The van der Waals surface area contributed by atoms with Crippen LogP contribution in [0.5, 0.6) is 0 Å². The lowest BCUT2D eigenvalue weighted by atomic mass is 10.1. The summed E-state index contributed by atoms with van der Waals surface area (Å²) < 4.78 is 52.3. The second-order valence-electron chi connectivity index (χ2n) is 7.79. The maximum absolute atomic E-state index is 13.9. The number of ether oxygens (including phenoxy) is 1. The summed E-state index contributed by atoms with van der Waals surface area (Å²) in [5.74, 6) is 0.304. The summed E-state index contributed by atoms with van der Waals surface area (Å²) in [6.45, 7) is 3.05. The van der Waals surface area contributed by atoms with Crippen molar-refractivity contribution < 1.29 is 26.8 Å². The van der Waals surface area contributed by atoms with Gasteiger partial charge >= 0.3 is 0 Å². The summed E-state index contributed by atoms with van der Waals surface area (Å²) in [5, 5.41) is 2.75. The van der Waals surface area contributed by atoms with Crippen molar-refractivity contribution in [1.82, 2.24) is 4.31 Å². The predicted molar refractivity (Wildman–Crippen MR) is 122 cm³/mol. The summed E-state index contributed by atoms with van der Waals surface area (Å²) in [7, 11) is -3.68. The number of hydrogen-bond acceptors (Lipinski definition) is 5. The largest absolute Gasteiger partial charge is 0.461 e. The van der Waals surface area contributed by atoms with E-state index in [9.17, 15) is 17.6 Å². The van der Waals surface area contributed by atoms with E-state index in [0.717, 1.165) is 0 Å². The zero-order valence-corrected chi connectivity index (χ0v) is 19.0. The summed E-state index contributed by atoms with van der Waals surface area (Å²) in [5.41, 5.74) is 1.38. The van der Waals surface area contributed by atoms with Gasteiger partial charge in [-0.2, -0.15) is 4.31 Å². The molecule has 2 heterocycles. The van der Waals surface area contributed by atoms with Crippen molar-refractivity contribution in [3.63, 3.8) is 0 Å². The van der Waals surface area contributed by atoms with Crippen LogP contribution in [0.25, 0.3) is 11.3 Å². The van der Waals surface area contributed by atoms with E-state index in [1.54, 1.807) is 49.4 Å². The summed E-state index contributed by atoms with van der Waals surface area (Å²) in [4.78, 5) is 12.6. The van der Waals surface area contributed by atoms with Gasteiger partial charge in [0.2, 0.25) is 15.9 Å². The minimum Gasteiger partial charge on any atom is -0.461 e. The molecule has 1 aliphatic heterocycles. The number of sulfonamides is 1. The van der Waals surface area contributed by atoms with Crippen LogP contribution in [0.15, 0.2) is 63.9 Å². The lowest BCUT2D eigenvalue weighted by molar-refractivity contribution is -0.116. The number of rotatable bonds is 7. The smallest absolute Gasteiger partial charge is 0.243 e. The number of benzene rings is 2. The SMILES string of the molecule is Cc1ccc(NC(=O)CCc2ccc(-c3ccccc3F)o2)cc1S(=O)(=O)N1CCOCC1. The van der Waals surface area contributed by atoms with E-state index < -0.39 is 10.0 Å². The molecule has 0 bridgehead atoms. The fourth-order valence-electron chi connectivity index (χ4n) is 3.66. The number of nitrogens with zero attached hydrogens (tertiary/aromatic N) is 1. The molecule has 9 heteroatoms. The lowest BCUT2D eigenvalue weighted by Gasteiger charge is -2.26. The van der Waals surface area contributed by atoms with Crippen molar-refractivity contribution >= 4 is 21.6 Å². The first-order valence-electron chi connectivity index (χ1n) is 10.7. The van der Waals surface area contributed by atoms with Crippen LogP contribution >= 0.6 is 0 Å². The highest BCUT2D eigenvalue weighted by Gasteiger charge is 2.28. The molecular formula is C24H25FN2O5S. The molecule has 1 amide bonds. The number of amides is 1. The van der Waals surface area contributed by atoms with Gasteiger partial charge in [0, 0.05) is 31.6 Å². The number of morpholine rings is 1. The molecule has 0 atom stereocenters. The topological polar surface area (TPSA) is 88.8 Å². The van der Waals surface area contributed by atoms with Gasteiger partial charge in [-0.3, -0.25) is 4.79 Å². The number of carbonyl (C=O) groups is 1. The summed E-state index contributed by atoms with van der Waals surface area (Å²) in [6, 6.07) is 14.6. The standard InChI is InChI=1S/C24H25FN2O5S/c1-17-6-7-18(16-23(17)33(29,30)27-12-14-31-15-13-27)26-24(28)11-9-19-8-10-22(32-19)20-4-2-3-5-21(20)25/h2-8,10,16H,9,11-15H2,1H3,(H,26,28). The van der Waals surface area contributed by atoms with Crippen molar-refractivity contribution in [2.24, 2.45) is 0 Å². The third-order valence-electron chi connectivity index (χ3n) is 5.46. The van der Waals surface area contributed by atoms with Crippen molar-refractivity contribution in [2.75, 3.05) is 31.6 Å². The molecule has 0 unspecified atom stereocenters. The van der Waals surface area contributed by atoms with Crippen molar-refractivity contribution in [1.29, 1.82) is 0 Å². The number of furan rings is 1. The van der Waals surface area contributed by atoms with Crippen LogP contribution in [-0.2, 0) is 26.0 Å². The molecular weight excluding hydrogens is 447 g/mol. The van der Waals surface area contributed by atoms with Crippen LogP contribution in [0.3, 0.4) is 0 Å². The third-order valence-corrected chi connectivity index (χ3v) is 7.50. The molecule has 0 aliphatic carbocycles. The number of nitrogens with one attached hydrogen (secondary N) is 1. The fourth-order valence-corrected chi connectivity index (χ4v) is 5.32. The summed E-state index contributed by atoms with van der Waals surface area (Å²) >= 11 is 0. The van der Waals surface area contributed by atoms with Gasteiger partial charge in [-0.15, -0.1) is 0 Å². The van der Waals surface area contributed by atoms with Crippen LogP contribution in [-0.4, -0.2) is 44.9 Å². The Morgan fingerprint density at radius 2 is 1.85 bits per heavy atom. The Hall–Kier alpha value is -3.01. The highest BCUT2D eigenvalue weighted by atomic mass is 32.2. The average Bonchev–Trinajstić information content (AvgIpc) is 3.28. The fraction of sp³-hybridized carbons (Fsp3) is 0.292. The summed E-state index contributed by atoms with van der Waals surface area (Å²) in [6.07, 6.45) is 0.453. The minimum absolute atomic E-state index is 0.129. The Labute approximate surface area is 192 Å².